The molecule has 19 heavy (non-hydrogen) atoms. The first-order valence-electron chi connectivity index (χ1n) is 6.75. The van der Waals surface area contributed by atoms with Crippen molar-refractivity contribution in [1.82, 2.24) is 14.8 Å². The molecule has 0 atom stereocenters. The molecule has 0 saturated carbocycles. The van der Waals surface area contributed by atoms with E-state index in [4.69, 9.17) is 0 Å². The third kappa shape index (κ3) is 2.86. The molecule has 0 spiro atoms. The molecule has 7 heteroatoms. The molecule has 7 nitrogen and oxygen atoms in total. The molecule has 1 fully saturated rings. The lowest BCUT2D eigenvalue weighted by atomic mass is 10.2. The zero-order valence-corrected chi connectivity index (χ0v) is 11.7. The summed E-state index contributed by atoms with van der Waals surface area (Å²) in [5.74, 6) is 0.499. The van der Waals surface area contributed by atoms with Crippen molar-refractivity contribution in [2.45, 2.75) is 46.1 Å². The van der Waals surface area contributed by atoms with E-state index in [9.17, 15) is 10.1 Å². The zero-order valence-electron chi connectivity index (χ0n) is 11.7. The topological polar surface area (TPSA) is 76.2 Å². The summed E-state index contributed by atoms with van der Waals surface area (Å²) in [7, 11) is 0. The summed E-state index contributed by atoms with van der Waals surface area (Å²) >= 11 is 0. The van der Waals surface area contributed by atoms with E-state index in [1.165, 1.54) is 6.42 Å². The van der Waals surface area contributed by atoms with Gasteiger partial charge in [-0.05, 0) is 33.6 Å². The first kappa shape index (κ1) is 13.8. The third-order valence-corrected chi connectivity index (χ3v) is 3.35. The van der Waals surface area contributed by atoms with Crippen molar-refractivity contribution in [1.29, 1.82) is 0 Å². The number of hydrogen-bond acceptors (Lipinski definition) is 5. The van der Waals surface area contributed by atoms with Crippen molar-refractivity contribution in [3.63, 3.8) is 0 Å². The number of piperidine rings is 1. The van der Waals surface area contributed by atoms with E-state index in [0.29, 0.717) is 11.5 Å². The van der Waals surface area contributed by atoms with Crippen molar-refractivity contribution in [2.24, 2.45) is 0 Å². The van der Waals surface area contributed by atoms with Crippen molar-refractivity contribution in [3.05, 3.63) is 15.8 Å². The zero-order chi connectivity index (χ0) is 14.0. The van der Waals surface area contributed by atoms with Crippen LogP contribution in [0.1, 0.15) is 44.8 Å². The molecule has 0 radical (unpaired) electrons. The minimum absolute atomic E-state index is 0.0827. The Morgan fingerprint density at radius 3 is 2.47 bits per heavy atom. The lowest BCUT2D eigenvalue weighted by molar-refractivity contribution is -0.384. The Hall–Kier alpha value is -1.63. The van der Waals surface area contributed by atoms with Gasteiger partial charge in [-0.15, -0.1) is 0 Å². The molecular formula is C12H21N5O2. The van der Waals surface area contributed by atoms with Crippen LogP contribution in [-0.2, 0) is 0 Å². The summed E-state index contributed by atoms with van der Waals surface area (Å²) in [6.45, 7) is 7.45. The quantitative estimate of drug-likeness (QED) is 0.670. The molecule has 2 heterocycles. The Balaban J connectivity index is 2.32. The third-order valence-electron chi connectivity index (χ3n) is 3.35. The molecule has 1 aromatic rings. The normalized spacial score (nSPS) is 16.8. The summed E-state index contributed by atoms with van der Waals surface area (Å²) in [4.78, 5) is 10.9. The predicted octanol–water partition coefficient (Wildman–Crippen LogP) is 2.49. The van der Waals surface area contributed by atoms with Gasteiger partial charge in [-0.2, -0.15) is 5.10 Å². The Morgan fingerprint density at radius 1 is 1.32 bits per heavy atom. The van der Waals surface area contributed by atoms with Crippen LogP contribution in [0.4, 0.5) is 11.5 Å². The Kier molecular flexibility index (Phi) is 4.04. The van der Waals surface area contributed by atoms with Gasteiger partial charge in [0.15, 0.2) is 0 Å². The molecule has 0 aliphatic carbocycles. The number of rotatable bonds is 4. The van der Waals surface area contributed by atoms with Gasteiger partial charge in [0.25, 0.3) is 0 Å². The molecule has 106 valence electrons. The van der Waals surface area contributed by atoms with Crippen LogP contribution in [0.25, 0.3) is 0 Å². The lowest BCUT2D eigenvalue weighted by Crippen LogP contribution is -2.36. The van der Waals surface area contributed by atoms with E-state index in [1.54, 1.807) is 11.6 Å². The maximum Gasteiger partial charge on any atom is 0.335 e. The van der Waals surface area contributed by atoms with Crippen LogP contribution in [0.3, 0.4) is 0 Å². The van der Waals surface area contributed by atoms with E-state index in [0.717, 1.165) is 25.9 Å². The van der Waals surface area contributed by atoms with Crippen LogP contribution in [-0.4, -0.2) is 32.8 Å². The number of nitrogens with zero attached hydrogens (tertiary/aromatic N) is 4. The number of aryl methyl sites for hydroxylation is 1. The molecule has 0 bridgehead atoms. The summed E-state index contributed by atoms with van der Waals surface area (Å²) < 4.78 is 1.70. The molecule has 1 aliphatic rings. The number of hydrogen-bond donors (Lipinski definition) is 1. The summed E-state index contributed by atoms with van der Waals surface area (Å²) in [5.41, 5.74) is 3.73. The number of nitro groups is 1. The number of anilines is 1. The standard InChI is InChI=1S/C12H21N5O2/c1-9(2)16-12(11(17(18)19)10(3)13-16)14-15-7-5-4-6-8-15/h9,14H,4-8H2,1-3H3. The van der Waals surface area contributed by atoms with Crippen LogP contribution in [0, 0.1) is 17.0 Å². The SMILES string of the molecule is Cc1nn(C(C)C)c(NN2CCCCC2)c1[N+](=O)[O-]. The smallest absolute Gasteiger partial charge is 0.297 e. The summed E-state index contributed by atoms with van der Waals surface area (Å²) in [5, 5.41) is 17.5. The summed E-state index contributed by atoms with van der Waals surface area (Å²) in [6, 6.07) is 0.0830. The van der Waals surface area contributed by atoms with Crippen LogP contribution < -0.4 is 5.43 Å². The van der Waals surface area contributed by atoms with Gasteiger partial charge in [0.1, 0.15) is 5.69 Å². The molecule has 0 amide bonds. The highest BCUT2D eigenvalue weighted by molar-refractivity contribution is 5.59. The van der Waals surface area contributed by atoms with Crippen molar-refractivity contribution in [2.75, 3.05) is 18.5 Å². The largest absolute Gasteiger partial charge is 0.335 e. The minimum atomic E-state index is -0.354. The Bertz CT molecular complexity index is 463. The average molecular weight is 267 g/mol. The van der Waals surface area contributed by atoms with E-state index in [2.05, 4.69) is 10.5 Å². The number of nitrogens with one attached hydrogen (secondary N) is 1. The van der Waals surface area contributed by atoms with E-state index >= 15 is 0 Å². The van der Waals surface area contributed by atoms with Crippen LogP contribution in [0.2, 0.25) is 0 Å². The van der Waals surface area contributed by atoms with Crippen molar-refractivity contribution >= 4 is 11.5 Å². The molecule has 2 rings (SSSR count). The van der Waals surface area contributed by atoms with Crippen molar-refractivity contribution in [3.8, 4) is 0 Å². The highest BCUT2D eigenvalue weighted by Gasteiger charge is 2.28. The average Bonchev–Trinajstić information content (AvgIpc) is 2.67. The first-order valence-corrected chi connectivity index (χ1v) is 6.75. The highest BCUT2D eigenvalue weighted by Crippen LogP contribution is 2.31. The maximum atomic E-state index is 11.2. The molecule has 1 aliphatic heterocycles. The van der Waals surface area contributed by atoms with Gasteiger partial charge < -0.3 is 0 Å². The van der Waals surface area contributed by atoms with Gasteiger partial charge >= 0.3 is 5.69 Å². The van der Waals surface area contributed by atoms with Gasteiger partial charge in [0.05, 0.1) is 4.92 Å². The lowest BCUT2D eigenvalue weighted by Gasteiger charge is -2.28. The monoisotopic (exact) mass is 267 g/mol. The second-order valence-electron chi connectivity index (χ2n) is 5.24. The molecule has 0 aromatic carbocycles. The first-order chi connectivity index (χ1) is 9.00. The second-order valence-corrected chi connectivity index (χ2v) is 5.24. The van der Waals surface area contributed by atoms with Gasteiger partial charge in [-0.1, -0.05) is 6.42 Å². The van der Waals surface area contributed by atoms with E-state index < -0.39 is 0 Å². The fourth-order valence-electron chi connectivity index (χ4n) is 2.39. The Labute approximate surface area is 112 Å². The van der Waals surface area contributed by atoms with Gasteiger partial charge in [0, 0.05) is 19.1 Å². The summed E-state index contributed by atoms with van der Waals surface area (Å²) in [6.07, 6.45) is 3.47. The molecule has 1 N–H and O–H groups in total. The number of hydrazine groups is 1. The molecule has 0 unspecified atom stereocenters. The molecular weight excluding hydrogens is 246 g/mol. The van der Waals surface area contributed by atoms with Crippen LogP contribution in [0.15, 0.2) is 0 Å². The predicted molar refractivity (Wildman–Crippen MR) is 73.1 cm³/mol. The Morgan fingerprint density at radius 2 is 1.95 bits per heavy atom. The molecule has 1 aromatic heterocycles. The van der Waals surface area contributed by atoms with Gasteiger partial charge in [-0.25, -0.2) is 9.69 Å². The second kappa shape index (κ2) is 5.56. The van der Waals surface area contributed by atoms with Crippen LogP contribution in [0.5, 0.6) is 0 Å². The van der Waals surface area contributed by atoms with E-state index in [1.807, 2.05) is 18.9 Å². The number of aromatic nitrogens is 2. The van der Waals surface area contributed by atoms with Gasteiger partial charge in [-0.3, -0.25) is 15.5 Å². The maximum absolute atomic E-state index is 11.2. The minimum Gasteiger partial charge on any atom is -0.297 e. The van der Waals surface area contributed by atoms with E-state index in [-0.39, 0.29) is 16.7 Å². The van der Waals surface area contributed by atoms with Crippen LogP contribution >= 0.6 is 0 Å². The van der Waals surface area contributed by atoms with Crippen molar-refractivity contribution < 1.29 is 4.92 Å². The van der Waals surface area contributed by atoms with Gasteiger partial charge in [0.2, 0.25) is 5.82 Å². The fraction of sp³-hybridized carbons (Fsp3) is 0.750. The fourth-order valence-corrected chi connectivity index (χ4v) is 2.39. The highest BCUT2D eigenvalue weighted by atomic mass is 16.6. The molecule has 1 saturated heterocycles.